The van der Waals surface area contributed by atoms with Gasteiger partial charge in [0.05, 0.1) is 23.4 Å². The molecule has 0 bridgehead atoms. The van der Waals surface area contributed by atoms with Crippen molar-refractivity contribution < 1.29 is 19.1 Å². The number of carbonyl (C=O) groups excluding carboxylic acids is 3. The lowest BCUT2D eigenvalue weighted by Crippen LogP contribution is -2.32. The van der Waals surface area contributed by atoms with E-state index in [0.29, 0.717) is 27.7 Å². The Morgan fingerprint density at radius 3 is 2.35 bits per heavy atom. The molecule has 1 aromatic heterocycles. The van der Waals surface area contributed by atoms with Crippen LogP contribution in [0.15, 0.2) is 93.7 Å². The Morgan fingerprint density at radius 2 is 1.68 bits per heavy atom. The second kappa shape index (κ2) is 11.4. The first-order chi connectivity index (χ1) is 19.2. The highest BCUT2D eigenvalue weighted by Gasteiger charge is 2.40. The molecule has 2 heterocycles. The van der Waals surface area contributed by atoms with Gasteiger partial charge in [-0.2, -0.15) is 0 Å². The second-order valence-corrected chi connectivity index (χ2v) is 11.3. The van der Waals surface area contributed by atoms with Crippen molar-refractivity contribution in [1.29, 1.82) is 0 Å². The summed E-state index contributed by atoms with van der Waals surface area (Å²) in [5.41, 5.74) is 4.92. The molecule has 0 unspecified atom stereocenters. The van der Waals surface area contributed by atoms with Gasteiger partial charge in [0.15, 0.2) is 0 Å². The monoisotopic (exact) mass is 569 g/mol. The number of benzene rings is 3. The molecule has 0 atom stereocenters. The summed E-state index contributed by atoms with van der Waals surface area (Å²) in [7, 11) is 1.56. The third-order valence-corrected chi connectivity index (χ3v) is 8.44. The van der Waals surface area contributed by atoms with E-state index in [0.717, 1.165) is 21.6 Å². The second-order valence-electron chi connectivity index (χ2n) is 9.31. The molecular formula is C31H27N3O4S2. The van der Waals surface area contributed by atoms with Gasteiger partial charge in [-0.25, -0.2) is 4.90 Å². The summed E-state index contributed by atoms with van der Waals surface area (Å²) in [6.07, 6.45) is 0. The normalized spacial score (nSPS) is 13.2. The van der Waals surface area contributed by atoms with Crippen molar-refractivity contribution in [2.45, 2.75) is 25.7 Å². The summed E-state index contributed by atoms with van der Waals surface area (Å²) >= 11 is 2.56. The Bertz CT molecular complexity index is 1640. The lowest BCUT2D eigenvalue weighted by Gasteiger charge is -2.17. The summed E-state index contributed by atoms with van der Waals surface area (Å²) in [5.74, 6) is -0.489. The van der Waals surface area contributed by atoms with Gasteiger partial charge in [-0.3, -0.25) is 14.4 Å². The highest BCUT2D eigenvalue weighted by Crippen LogP contribution is 2.39. The molecule has 0 fully saturated rings. The quantitative estimate of drug-likeness (QED) is 0.224. The molecule has 3 amide bonds. The summed E-state index contributed by atoms with van der Waals surface area (Å²) in [6, 6.07) is 21.9. The molecule has 4 aromatic rings. The molecule has 5 rings (SSSR count). The summed E-state index contributed by atoms with van der Waals surface area (Å²) < 4.78 is 5.50. The molecule has 202 valence electrons. The highest BCUT2D eigenvalue weighted by molar-refractivity contribution is 8.04. The van der Waals surface area contributed by atoms with Crippen molar-refractivity contribution in [3.63, 3.8) is 0 Å². The van der Waals surface area contributed by atoms with Crippen LogP contribution in [0.2, 0.25) is 0 Å². The molecule has 0 saturated heterocycles. The SMILES string of the molecule is COc1ccc(C)cc1NC1=C(Sc2ccc(NC(=O)c3cccs3)cc2)C(=O)N(c2ccc(C)c(C)c2)C1=O. The third kappa shape index (κ3) is 5.52. The van der Waals surface area contributed by atoms with Gasteiger partial charge >= 0.3 is 0 Å². The fourth-order valence-corrected chi connectivity index (χ4v) is 5.74. The van der Waals surface area contributed by atoms with Crippen LogP contribution in [0.4, 0.5) is 17.1 Å². The van der Waals surface area contributed by atoms with E-state index in [9.17, 15) is 14.4 Å². The summed E-state index contributed by atoms with van der Waals surface area (Å²) in [5, 5.41) is 7.92. The first kappa shape index (κ1) is 27.2. The number of methoxy groups -OCH3 is 1. The van der Waals surface area contributed by atoms with Crippen LogP contribution in [-0.2, 0) is 9.59 Å². The number of nitrogens with one attached hydrogen (secondary N) is 2. The topological polar surface area (TPSA) is 87.7 Å². The van der Waals surface area contributed by atoms with Crippen LogP contribution in [0, 0.1) is 20.8 Å². The van der Waals surface area contributed by atoms with Crippen LogP contribution in [0.25, 0.3) is 0 Å². The molecular weight excluding hydrogens is 542 g/mol. The fourth-order valence-electron chi connectivity index (χ4n) is 4.19. The molecule has 2 N–H and O–H groups in total. The average Bonchev–Trinajstić information content (AvgIpc) is 3.55. The summed E-state index contributed by atoms with van der Waals surface area (Å²) in [4.78, 5) is 42.8. The maximum atomic E-state index is 13.8. The molecule has 1 aliphatic heterocycles. The largest absolute Gasteiger partial charge is 0.495 e. The third-order valence-electron chi connectivity index (χ3n) is 6.48. The van der Waals surface area contributed by atoms with E-state index in [1.165, 1.54) is 28.0 Å². The Balaban J connectivity index is 1.47. The Morgan fingerprint density at radius 1 is 0.900 bits per heavy atom. The number of rotatable bonds is 8. The summed E-state index contributed by atoms with van der Waals surface area (Å²) in [6.45, 7) is 5.87. The first-order valence-electron chi connectivity index (χ1n) is 12.5. The van der Waals surface area contributed by atoms with Gasteiger partial charge in [-0.1, -0.05) is 30.0 Å². The molecule has 9 heteroatoms. The standard InChI is InChI=1S/C31H27N3O4S2/c1-18-7-14-25(38-4)24(16-18)33-27-28(31(37)34(30(27)36)22-11-8-19(2)20(3)17-22)40-23-12-9-21(10-13-23)32-29(35)26-6-5-15-39-26/h5-17,33H,1-4H3,(H,32,35). The lowest BCUT2D eigenvalue weighted by atomic mass is 10.1. The number of anilines is 3. The van der Waals surface area contributed by atoms with Crippen molar-refractivity contribution in [3.8, 4) is 5.75 Å². The zero-order chi connectivity index (χ0) is 28.4. The Labute approximate surface area is 240 Å². The van der Waals surface area contributed by atoms with Gasteiger partial charge in [-0.15, -0.1) is 11.3 Å². The minimum atomic E-state index is -0.445. The van der Waals surface area contributed by atoms with Crippen LogP contribution in [0.3, 0.4) is 0 Å². The number of thiophene rings is 1. The van der Waals surface area contributed by atoms with Gasteiger partial charge in [-0.05, 0) is 97.4 Å². The van der Waals surface area contributed by atoms with E-state index < -0.39 is 11.8 Å². The predicted molar refractivity (Wildman–Crippen MR) is 161 cm³/mol. The van der Waals surface area contributed by atoms with Gasteiger partial charge < -0.3 is 15.4 Å². The predicted octanol–water partition coefficient (Wildman–Crippen LogP) is 6.92. The van der Waals surface area contributed by atoms with Crippen molar-refractivity contribution in [3.05, 3.63) is 110 Å². The number of nitrogens with zero attached hydrogens (tertiary/aromatic N) is 1. The molecule has 0 radical (unpaired) electrons. The minimum Gasteiger partial charge on any atom is -0.495 e. The minimum absolute atomic E-state index is 0.173. The van der Waals surface area contributed by atoms with E-state index in [1.54, 1.807) is 31.4 Å². The zero-order valence-corrected chi connectivity index (χ0v) is 24.0. The molecule has 0 spiro atoms. The van der Waals surface area contributed by atoms with Crippen LogP contribution in [-0.4, -0.2) is 24.8 Å². The van der Waals surface area contributed by atoms with E-state index in [4.69, 9.17) is 4.74 Å². The maximum Gasteiger partial charge on any atom is 0.283 e. The number of thioether (sulfide) groups is 1. The highest BCUT2D eigenvalue weighted by atomic mass is 32.2. The number of amides is 3. The van der Waals surface area contributed by atoms with Crippen molar-refractivity contribution in [2.75, 3.05) is 22.6 Å². The number of hydrogen-bond acceptors (Lipinski definition) is 7. The van der Waals surface area contributed by atoms with Crippen LogP contribution >= 0.6 is 23.1 Å². The average molecular weight is 570 g/mol. The molecule has 0 saturated carbocycles. The van der Waals surface area contributed by atoms with Gasteiger partial charge in [0.1, 0.15) is 16.4 Å². The number of aryl methyl sites for hydroxylation is 3. The number of ether oxygens (including phenoxy) is 1. The molecule has 3 aromatic carbocycles. The van der Waals surface area contributed by atoms with Crippen molar-refractivity contribution >= 4 is 57.9 Å². The number of carbonyl (C=O) groups is 3. The van der Waals surface area contributed by atoms with Crippen molar-refractivity contribution in [2.24, 2.45) is 0 Å². The lowest BCUT2D eigenvalue weighted by molar-refractivity contribution is -0.120. The maximum absolute atomic E-state index is 13.8. The molecule has 1 aliphatic rings. The van der Waals surface area contributed by atoms with E-state index >= 15 is 0 Å². The Hall–Kier alpha value is -4.34. The number of imide groups is 1. The van der Waals surface area contributed by atoms with E-state index in [1.807, 2.05) is 74.7 Å². The van der Waals surface area contributed by atoms with Gasteiger partial charge in [0.25, 0.3) is 17.7 Å². The first-order valence-corrected chi connectivity index (χ1v) is 14.2. The Kier molecular flexibility index (Phi) is 7.77. The molecule has 40 heavy (non-hydrogen) atoms. The van der Waals surface area contributed by atoms with Gasteiger partial charge in [0, 0.05) is 10.6 Å². The molecule has 0 aliphatic carbocycles. The smallest absolute Gasteiger partial charge is 0.283 e. The number of hydrogen-bond donors (Lipinski definition) is 2. The van der Waals surface area contributed by atoms with Crippen LogP contribution < -0.4 is 20.3 Å². The zero-order valence-electron chi connectivity index (χ0n) is 22.4. The van der Waals surface area contributed by atoms with E-state index in [-0.39, 0.29) is 16.5 Å². The van der Waals surface area contributed by atoms with Gasteiger partial charge in [0.2, 0.25) is 0 Å². The van der Waals surface area contributed by atoms with Crippen molar-refractivity contribution in [1.82, 2.24) is 0 Å². The van der Waals surface area contributed by atoms with Crippen LogP contribution in [0.1, 0.15) is 26.4 Å². The molecule has 7 nitrogen and oxygen atoms in total. The van der Waals surface area contributed by atoms with Crippen LogP contribution in [0.5, 0.6) is 5.75 Å². The fraction of sp³-hybridized carbons (Fsp3) is 0.129. The van der Waals surface area contributed by atoms with E-state index in [2.05, 4.69) is 10.6 Å².